The van der Waals surface area contributed by atoms with Crippen LogP contribution in [0.25, 0.3) is 20.8 Å². The second kappa shape index (κ2) is 4.90. The molecule has 3 rings (SSSR count). The molecule has 0 bridgehead atoms. The van der Waals surface area contributed by atoms with Crippen LogP contribution < -0.4 is 0 Å². The maximum absolute atomic E-state index is 10.9. The van der Waals surface area contributed by atoms with Gasteiger partial charge in [0.25, 0.3) is 0 Å². The minimum absolute atomic E-state index is 0.297. The molecule has 5 heteroatoms. The lowest BCUT2D eigenvalue weighted by molar-refractivity contribution is 0.0697. The van der Waals surface area contributed by atoms with Gasteiger partial charge in [0.2, 0.25) is 0 Å². The average Bonchev–Trinajstić information content (AvgIpc) is 2.82. The summed E-state index contributed by atoms with van der Waals surface area (Å²) in [5, 5.41) is 9.89. The maximum Gasteiger partial charge on any atom is 0.335 e. The normalized spacial score (nSPS) is 10.8. The number of fused-ring (bicyclic) bond motifs is 1. The summed E-state index contributed by atoms with van der Waals surface area (Å²) in [6.45, 7) is 0. The van der Waals surface area contributed by atoms with E-state index in [2.05, 4.69) is 27.6 Å². The van der Waals surface area contributed by atoms with Crippen molar-refractivity contribution in [2.45, 2.75) is 0 Å². The van der Waals surface area contributed by atoms with Gasteiger partial charge < -0.3 is 5.11 Å². The van der Waals surface area contributed by atoms with E-state index in [0.717, 1.165) is 20.8 Å². The average molecular weight is 381 g/mol. The van der Waals surface area contributed by atoms with E-state index < -0.39 is 5.97 Å². The minimum Gasteiger partial charge on any atom is -0.478 e. The summed E-state index contributed by atoms with van der Waals surface area (Å²) in [7, 11) is 0. The Morgan fingerprint density at radius 3 is 2.58 bits per heavy atom. The Morgan fingerprint density at radius 2 is 1.89 bits per heavy atom. The van der Waals surface area contributed by atoms with Gasteiger partial charge in [-0.25, -0.2) is 9.78 Å². The summed E-state index contributed by atoms with van der Waals surface area (Å²) >= 11 is 3.77. The van der Waals surface area contributed by atoms with E-state index >= 15 is 0 Å². The Kier molecular flexibility index (Phi) is 3.24. The number of aromatic nitrogens is 1. The summed E-state index contributed by atoms with van der Waals surface area (Å²) in [6.07, 6.45) is 0. The largest absolute Gasteiger partial charge is 0.478 e. The first kappa shape index (κ1) is 12.6. The zero-order chi connectivity index (χ0) is 13.4. The van der Waals surface area contributed by atoms with Crippen molar-refractivity contribution in [3.05, 3.63) is 51.6 Å². The first-order chi connectivity index (χ1) is 9.13. The van der Waals surface area contributed by atoms with Crippen molar-refractivity contribution in [3.8, 4) is 10.6 Å². The van der Waals surface area contributed by atoms with Gasteiger partial charge in [0.15, 0.2) is 0 Å². The molecule has 0 fully saturated rings. The Bertz CT molecular complexity index is 765. The number of carbonyl (C=O) groups is 1. The molecule has 19 heavy (non-hydrogen) atoms. The zero-order valence-corrected chi connectivity index (χ0v) is 12.6. The van der Waals surface area contributed by atoms with Crippen molar-refractivity contribution >= 4 is 50.1 Å². The first-order valence-corrected chi connectivity index (χ1v) is 7.43. The fourth-order valence-corrected chi connectivity index (χ4v) is 3.14. The summed E-state index contributed by atoms with van der Waals surface area (Å²) in [5.41, 5.74) is 2.19. The molecule has 2 aromatic carbocycles. The van der Waals surface area contributed by atoms with E-state index in [-0.39, 0.29) is 0 Å². The second-order valence-corrected chi connectivity index (χ2v) is 6.29. The molecule has 0 saturated heterocycles. The van der Waals surface area contributed by atoms with Crippen LogP contribution in [0.5, 0.6) is 0 Å². The van der Waals surface area contributed by atoms with Gasteiger partial charge in [0.05, 0.1) is 15.8 Å². The highest BCUT2D eigenvalue weighted by Crippen LogP contribution is 2.31. The molecule has 0 radical (unpaired) electrons. The molecule has 0 atom stereocenters. The number of carboxylic acid groups (broad SMARTS) is 1. The van der Waals surface area contributed by atoms with E-state index in [9.17, 15) is 4.79 Å². The summed E-state index contributed by atoms with van der Waals surface area (Å²) in [5.74, 6) is -0.911. The number of nitrogens with zero attached hydrogens (tertiary/aromatic N) is 1. The van der Waals surface area contributed by atoms with E-state index in [1.54, 1.807) is 18.2 Å². The predicted molar refractivity (Wildman–Crippen MR) is 84.7 cm³/mol. The van der Waals surface area contributed by atoms with E-state index in [1.807, 2.05) is 24.3 Å². The molecule has 0 aliphatic rings. The van der Waals surface area contributed by atoms with Gasteiger partial charge in [0.1, 0.15) is 5.01 Å². The minimum atomic E-state index is -0.911. The van der Waals surface area contributed by atoms with Gasteiger partial charge in [-0.15, -0.1) is 11.3 Å². The molecular weight excluding hydrogens is 373 g/mol. The lowest BCUT2D eigenvalue weighted by atomic mass is 10.2. The van der Waals surface area contributed by atoms with Crippen molar-refractivity contribution in [3.63, 3.8) is 0 Å². The number of carboxylic acids is 1. The number of halogens is 1. The van der Waals surface area contributed by atoms with Crippen LogP contribution in [0, 0.1) is 3.57 Å². The fourth-order valence-electron chi connectivity index (χ4n) is 1.77. The monoisotopic (exact) mass is 381 g/mol. The van der Waals surface area contributed by atoms with Crippen LogP contribution in [0.2, 0.25) is 0 Å². The topological polar surface area (TPSA) is 50.2 Å². The number of hydrogen-bond donors (Lipinski definition) is 1. The fraction of sp³-hybridized carbons (Fsp3) is 0. The number of hydrogen-bond acceptors (Lipinski definition) is 3. The van der Waals surface area contributed by atoms with Crippen LogP contribution in [0.3, 0.4) is 0 Å². The van der Waals surface area contributed by atoms with Crippen LogP contribution in [-0.4, -0.2) is 16.1 Å². The van der Waals surface area contributed by atoms with Crippen molar-refractivity contribution in [1.29, 1.82) is 0 Å². The first-order valence-electron chi connectivity index (χ1n) is 5.53. The molecule has 94 valence electrons. The van der Waals surface area contributed by atoms with Crippen LogP contribution >= 0.6 is 33.9 Å². The second-order valence-electron chi connectivity index (χ2n) is 4.01. The highest BCUT2D eigenvalue weighted by Gasteiger charge is 2.09. The van der Waals surface area contributed by atoms with Crippen molar-refractivity contribution < 1.29 is 9.90 Å². The number of benzene rings is 2. The van der Waals surface area contributed by atoms with Gasteiger partial charge in [-0.3, -0.25) is 0 Å². The Hall–Kier alpha value is -1.47. The van der Waals surface area contributed by atoms with Crippen LogP contribution in [0.1, 0.15) is 10.4 Å². The molecule has 0 amide bonds. The lowest BCUT2D eigenvalue weighted by Crippen LogP contribution is -1.94. The molecular formula is C14H8INO2S. The molecule has 3 nitrogen and oxygen atoms in total. The molecule has 3 aromatic rings. The van der Waals surface area contributed by atoms with Gasteiger partial charge in [-0.2, -0.15) is 0 Å². The van der Waals surface area contributed by atoms with Gasteiger partial charge >= 0.3 is 5.97 Å². The quantitative estimate of drug-likeness (QED) is 0.675. The molecule has 0 saturated carbocycles. The SMILES string of the molecule is O=C(O)c1ccc2nc(-c3ccc(I)cc3)sc2c1. The van der Waals surface area contributed by atoms with Crippen LogP contribution in [0.4, 0.5) is 0 Å². The molecule has 0 unspecified atom stereocenters. The van der Waals surface area contributed by atoms with Gasteiger partial charge in [0, 0.05) is 9.13 Å². The van der Waals surface area contributed by atoms with E-state index in [4.69, 9.17) is 5.11 Å². The van der Waals surface area contributed by atoms with Gasteiger partial charge in [-0.05, 0) is 52.9 Å². The number of rotatable bonds is 2. The molecule has 1 N–H and O–H groups in total. The van der Waals surface area contributed by atoms with Crippen molar-refractivity contribution in [1.82, 2.24) is 4.98 Å². The third kappa shape index (κ3) is 2.48. The lowest BCUT2D eigenvalue weighted by Gasteiger charge is -1.94. The van der Waals surface area contributed by atoms with Crippen molar-refractivity contribution in [2.24, 2.45) is 0 Å². The van der Waals surface area contributed by atoms with Crippen molar-refractivity contribution in [2.75, 3.05) is 0 Å². The highest BCUT2D eigenvalue weighted by molar-refractivity contribution is 14.1. The zero-order valence-electron chi connectivity index (χ0n) is 9.63. The maximum atomic E-state index is 10.9. The Balaban J connectivity index is 2.11. The third-order valence-corrected chi connectivity index (χ3v) is 4.51. The van der Waals surface area contributed by atoms with E-state index in [0.29, 0.717) is 5.56 Å². The van der Waals surface area contributed by atoms with Gasteiger partial charge in [-0.1, -0.05) is 12.1 Å². The van der Waals surface area contributed by atoms with Crippen LogP contribution in [0.15, 0.2) is 42.5 Å². The van der Waals surface area contributed by atoms with Crippen LogP contribution in [-0.2, 0) is 0 Å². The standard InChI is InChI=1S/C14H8INO2S/c15-10-4-1-8(2-5-10)13-16-11-6-3-9(14(17)18)7-12(11)19-13/h1-7H,(H,17,18). The smallest absolute Gasteiger partial charge is 0.335 e. The number of thiazole rings is 1. The summed E-state index contributed by atoms with van der Waals surface area (Å²) < 4.78 is 2.07. The third-order valence-electron chi connectivity index (χ3n) is 2.73. The Morgan fingerprint density at radius 1 is 1.16 bits per heavy atom. The Labute approximate surface area is 127 Å². The van der Waals surface area contributed by atoms with E-state index in [1.165, 1.54) is 14.9 Å². The molecule has 0 spiro atoms. The molecule has 0 aliphatic heterocycles. The molecule has 0 aliphatic carbocycles. The highest BCUT2D eigenvalue weighted by atomic mass is 127. The number of aromatic carboxylic acids is 1. The summed E-state index contributed by atoms with van der Waals surface area (Å²) in [4.78, 5) is 15.5. The molecule has 1 heterocycles. The summed E-state index contributed by atoms with van der Waals surface area (Å²) in [6, 6.07) is 13.1. The molecule has 1 aromatic heterocycles. The predicted octanol–water partition coefficient (Wildman–Crippen LogP) is 4.27.